The first-order valence-corrected chi connectivity index (χ1v) is 14.2. The van der Waals surface area contributed by atoms with Crippen LogP contribution >= 0.6 is 0 Å². The Bertz CT molecular complexity index is 702. The Kier molecular flexibility index (Phi) is 25.1. The summed E-state index contributed by atoms with van der Waals surface area (Å²) in [6, 6.07) is 0. The quantitative estimate of drug-likeness (QED) is 0.0621. The molecule has 0 aromatic rings. The van der Waals surface area contributed by atoms with E-state index in [2.05, 4.69) is 0 Å². The normalized spacial score (nSPS) is 13.7. The van der Waals surface area contributed by atoms with Gasteiger partial charge in [0.05, 0.1) is 132 Å². The average molecular weight is 611 g/mol. The summed E-state index contributed by atoms with van der Waals surface area (Å²) in [6.45, 7) is 6.96. The molecule has 1 saturated carbocycles. The Balaban J connectivity index is 1.67. The van der Waals surface area contributed by atoms with Crippen LogP contribution in [0.15, 0.2) is 0 Å². The molecular weight excluding hydrogens is 564 g/mol. The van der Waals surface area contributed by atoms with Gasteiger partial charge in [0.2, 0.25) is 6.10 Å². The Morgan fingerprint density at radius 2 is 0.738 bits per heavy atom. The summed E-state index contributed by atoms with van der Waals surface area (Å²) < 4.78 is 52.9. The monoisotopic (exact) mass is 610 g/mol. The molecule has 15 nitrogen and oxygen atoms in total. The molecule has 1 fully saturated rings. The highest BCUT2D eigenvalue weighted by atomic mass is 16.6. The van der Waals surface area contributed by atoms with E-state index in [1.807, 2.05) is 0 Å². The van der Waals surface area contributed by atoms with E-state index in [1.165, 1.54) is 0 Å². The Morgan fingerprint density at radius 1 is 0.476 bits per heavy atom. The highest BCUT2D eigenvalue weighted by Gasteiger charge is 2.35. The summed E-state index contributed by atoms with van der Waals surface area (Å²) in [5.74, 6) is -2.21. The number of ketones is 2. The molecule has 0 aromatic heterocycles. The molecule has 0 heterocycles. The lowest BCUT2D eigenvalue weighted by Crippen LogP contribution is -2.28. The van der Waals surface area contributed by atoms with Gasteiger partial charge < -0.3 is 52.5 Å². The van der Waals surface area contributed by atoms with Crippen molar-refractivity contribution in [2.45, 2.75) is 31.8 Å². The molecule has 1 N–H and O–H groups in total. The van der Waals surface area contributed by atoms with Crippen molar-refractivity contribution < 1.29 is 71.7 Å². The van der Waals surface area contributed by atoms with Crippen molar-refractivity contribution in [1.29, 1.82) is 0 Å². The van der Waals surface area contributed by atoms with Crippen LogP contribution in [0.4, 0.5) is 0 Å². The van der Waals surface area contributed by atoms with Gasteiger partial charge in [0.25, 0.3) is 0 Å². The molecule has 1 rings (SSSR count). The number of aliphatic carboxylic acids is 1. The van der Waals surface area contributed by atoms with E-state index >= 15 is 0 Å². The van der Waals surface area contributed by atoms with Crippen LogP contribution in [0, 0.1) is 0 Å². The number of carboxylic acids is 1. The summed E-state index contributed by atoms with van der Waals surface area (Å²) in [5.41, 5.74) is 0. The van der Waals surface area contributed by atoms with Crippen LogP contribution < -0.4 is 0 Å². The molecule has 0 unspecified atom stereocenters. The van der Waals surface area contributed by atoms with Gasteiger partial charge in [0, 0.05) is 12.8 Å². The van der Waals surface area contributed by atoms with Crippen molar-refractivity contribution in [2.24, 2.45) is 0 Å². The first-order valence-electron chi connectivity index (χ1n) is 14.2. The van der Waals surface area contributed by atoms with Gasteiger partial charge in [-0.25, -0.2) is 0 Å². The summed E-state index contributed by atoms with van der Waals surface area (Å²) in [4.78, 5) is 44.9. The maximum Gasteiger partial charge on any atom is 0.309 e. The van der Waals surface area contributed by atoms with Gasteiger partial charge >= 0.3 is 11.9 Å². The zero-order valence-electron chi connectivity index (χ0n) is 24.3. The van der Waals surface area contributed by atoms with Crippen LogP contribution in [-0.4, -0.2) is 154 Å². The van der Waals surface area contributed by atoms with E-state index in [4.69, 9.17) is 52.5 Å². The first kappa shape index (κ1) is 37.9. The maximum atomic E-state index is 11.7. The molecule has 0 atom stereocenters. The molecule has 244 valence electrons. The lowest BCUT2D eigenvalue weighted by atomic mass is 10.3. The Hall–Kier alpha value is -2.08. The van der Waals surface area contributed by atoms with Crippen molar-refractivity contribution in [3.8, 4) is 0 Å². The van der Waals surface area contributed by atoms with Crippen LogP contribution in [-0.2, 0) is 66.5 Å². The lowest BCUT2D eigenvalue weighted by Gasteiger charge is -2.10. The molecule has 0 aliphatic heterocycles. The molecule has 15 heteroatoms. The molecule has 0 bridgehead atoms. The van der Waals surface area contributed by atoms with Crippen LogP contribution in [0.1, 0.15) is 25.7 Å². The van der Waals surface area contributed by atoms with E-state index in [0.29, 0.717) is 106 Å². The van der Waals surface area contributed by atoms with Gasteiger partial charge in [-0.3, -0.25) is 19.2 Å². The van der Waals surface area contributed by atoms with Crippen LogP contribution in [0.3, 0.4) is 0 Å². The molecule has 0 radical (unpaired) electrons. The molecule has 0 amide bonds. The van der Waals surface area contributed by atoms with E-state index in [0.717, 1.165) is 0 Å². The number of Topliss-reactive ketones (excluding diaryl/α,β-unsaturated/α-hetero) is 2. The number of ether oxygens (including phenoxy) is 10. The average Bonchev–Trinajstić information content (AvgIpc) is 3.28. The number of hydrogen-bond donors (Lipinski definition) is 1. The molecule has 0 saturated heterocycles. The smallest absolute Gasteiger partial charge is 0.309 e. The van der Waals surface area contributed by atoms with E-state index in [-0.39, 0.29) is 50.5 Å². The van der Waals surface area contributed by atoms with E-state index in [1.54, 1.807) is 0 Å². The van der Waals surface area contributed by atoms with E-state index < -0.39 is 18.0 Å². The predicted octanol–water partition coefficient (Wildman–Crippen LogP) is -0.156. The zero-order chi connectivity index (χ0) is 30.5. The second-order valence-corrected chi connectivity index (χ2v) is 8.71. The van der Waals surface area contributed by atoms with Crippen molar-refractivity contribution in [1.82, 2.24) is 0 Å². The Morgan fingerprint density at radius 3 is 1.02 bits per heavy atom. The van der Waals surface area contributed by atoms with Gasteiger partial charge in [-0.2, -0.15) is 0 Å². The molecule has 1 aliphatic rings. The molecule has 0 spiro atoms. The highest BCUT2D eigenvalue weighted by molar-refractivity contribution is 6.12. The van der Waals surface area contributed by atoms with Crippen LogP contribution in [0.25, 0.3) is 0 Å². The van der Waals surface area contributed by atoms with Crippen LogP contribution in [0.2, 0.25) is 0 Å². The number of hydrogen-bond acceptors (Lipinski definition) is 14. The fourth-order valence-electron chi connectivity index (χ4n) is 3.19. The summed E-state index contributed by atoms with van der Waals surface area (Å²) in [7, 11) is 0. The fourth-order valence-corrected chi connectivity index (χ4v) is 3.19. The van der Waals surface area contributed by atoms with Crippen molar-refractivity contribution in [2.75, 3.05) is 119 Å². The number of carbonyl (C=O) groups excluding carboxylic acids is 3. The standard InChI is InChI=1S/C27H46O15/c28-23-1-2-24(29)27(23)42-26(32)4-6-34-8-10-36-12-14-38-16-18-40-20-22-41-21-19-39-17-15-37-13-11-35-9-7-33-5-3-25(30)31/h27H,1-22H2,(H,30,31). The van der Waals surface area contributed by atoms with Gasteiger partial charge in [0.1, 0.15) is 0 Å². The van der Waals surface area contributed by atoms with E-state index in [9.17, 15) is 19.2 Å². The minimum absolute atomic E-state index is 0.0126. The second-order valence-electron chi connectivity index (χ2n) is 8.71. The SMILES string of the molecule is O=C(O)CCOCCOCCOCCOCCOCCOCCOCCOCCOCCC(=O)OC1C(=O)CCC1=O. The maximum absolute atomic E-state index is 11.7. The minimum Gasteiger partial charge on any atom is -0.481 e. The largest absolute Gasteiger partial charge is 0.481 e. The lowest BCUT2D eigenvalue weighted by molar-refractivity contribution is -0.158. The second kappa shape index (κ2) is 27.7. The third-order valence-electron chi connectivity index (χ3n) is 5.34. The van der Waals surface area contributed by atoms with Gasteiger partial charge in [0.15, 0.2) is 11.6 Å². The van der Waals surface area contributed by atoms with Crippen molar-refractivity contribution in [3.05, 3.63) is 0 Å². The van der Waals surface area contributed by atoms with Crippen LogP contribution in [0.5, 0.6) is 0 Å². The zero-order valence-corrected chi connectivity index (χ0v) is 24.3. The summed E-state index contributed by atoms with van der Waals surface area (Å²) in [5, 5.41) is 8.47. The minimum atomic E-state index is -1.24. The highest BCUT2D eigenvalue weighted by Crippen LogP contribution is 2.14. The number of rotatable bonds is 31. The summed E-state index contributed by atoms with van der Waals surface area (Å²) in [6.07, 6.45) is -1.02. The Labute approximate surface area is 246 Å². The molecular formula is C27H46O15. The third-order valence-corrected chi connectivity index (χ3v) is 5.34. The topological polar surface area (TPSA) is 181 Å². The van der Waals surface area contributed by atoms with Gasteiger partial charge in [-0.15, -0.1) is 0 Å². The van der Waals surface area contributed by atoms with Crippen molar-refractivity contribution in [3.63, 3.8) is 0 Å². The number of carbonyl (C=O) groups is 4. The molecule has 1 aliphatic carbocycles. The van der Waals surface area contributed by atoms with Gasteiger partial charge in [-0.05, 0) is 0 Å². The number of esters is 1. The predicted molar refractivity (Wildman–Crippen MR) is 143 cm³/mol. The molecule has 0 aromatic carbocycles. The summed E-state index contributed by atoms with van der Waals surface area (Å²) >= 11 is 0. The number of carboxylic acid groups (broad SMARTS) is 1. The third kappa shape index (κ3) is 23.5. The first-order chi connectivity index (χ1) is 20.5. The van der Waals surface area contributed by atoms with Gasteiger partial charge in [-0.1, -0.05) is 0 Å². The molecule has 42 heavy (non-hydrogen) atoms. The van der Waals surface area contributed by atoms with Crippen molar-refractivity contribution >= 4 is 23.5 Å². The fraction of sp³-hybridized carbons (Fsp3) is 0.852.